The Morgan fingerprint density at radius 2 is 2.25 bits per heavy atom. The monoisotopic (exact) mass is 264 g/mol. The van der Waals surface area contributed by atoms with Crippen LogP contribution in [0.25, 0.3) is 0 Å². The van der Waals surface area contributed by atoms with E-state index in [4.69, 9.17) is 22.1 Å². The van der Waals surface area contributed by atoms with Crippen molar-refractivity contribution in [3.63, 3.8) is 0 Å². The van der Waals surface area contributed by atoms with Crippen molar-refractivity contribution in [2.45, 2.75) is 12.5 Å². The van der Waals surface area contributed by atoms with E-state index < -0.39 is 4.92 Å². The van der Waals surface area contributed by atoms with E-state index in [0.29, 0.717) is 29.4 Å². The summed E-state index contributed by atoms with van der Waals surface area (Å²) in [5, 5.41) is 11.1. The molecule has 7 heteroatoms. The summed E-state index contributed by atoms with van der Waals surface area (Å²) in [6, 6.07) is 2.43. The van der Waals surface area contributed by atoms with Gasteiger partial charge >= 0.3 is 0 Å². The maximum Gasteiger partial charge on any atom is 0.278 e. The summed E-state index contributed by atoms with van der Waals surface area (Å²) in [5.74, 6) is 0.351. The lowest BCUT2D eigenvalue weighted by molar-refractivity contribution is -0.385. The van der Waals surface area contributed by atoms with Crippen LogP contribution in [-0.2, 0) is 0 Å². The summed E-state index contributed by atoms with van der Waals surface area (Å²) in [4.78, 5) is 10.3. The van der Waals surface area contributed by atoms with Gasteiger partial charge in [0.05, 0.1) is 22.1 Å². The number of hydrogen-bond acceptors (Lipinski definition) is 4. The molecule has 1 atom stereocenters. The molecule has 1 aromatic rings. The molecule has 88 valence electrons. The quantitative estimate of drug-likeness (QED) is 0.624. The second-order valence-corrected chi connectivity index (χ2v) is 3.72. The molecule has 0 saturated carbocycles. The van der Waals surface area contributed by atoms with Crippen LogP contribution in [0.4, 0.5) is 5.69 Å². The number of rotatable bonds is 1. The Hall–Kier alpha value is -1.04. The van der Waals surface area contributed by atoms with Crippen molar-refractivity contribution in [1.29, 1.82) is 0 Å². The van der Waals surface area contributed by atoms with Gasteiger partial charge in [-0.25, -0.2) is 0 Å². The van der Waals surface area contributed by atoms with Gasteiger partial charge in [0.15, 0.2) is 0 Å². The van der Waals surface area contributed by atoms with E-state index >= 15 is 0 Å². The first kappa shape index (κ1) is 13.0. The number of nitro groups is 1. The SMILES string of the molecule is Cl.N[C@H]1CCOc2c(Cl)ccc([N+](=O)[O-])c21. The number of halogens is 2. The Kier molecular flexibility index (Phi) is 3.96. The summed E-state index contributed by atoms with van der Waals surface area (Å²) in [7, 11) is 0. The first-order valence-electron chi connectivity index (χ1n) is 4.46. The third-order valence-electron chi connectivity index (χ3n) is 2.37. The molecule has 1 aliphatic rings. The lowest BCUT2D eigenvalue weighted by Gasteiger charge is -2.23. The summed E-state index contributed by atoms with van der Waals surface area (Å²) >= 11 is 5.88. The van der Waals surface area contributed by atoms with Gasteiger partial charge in [-0.3, -0.25) is 10.1 Å². The van der Waals surface area contributed by atoms with Crippen LogP contribution < -0.4 is 10.5 Å². The summed E-state index contributed by atoms with van der Waals surface area (Å²) < 4.78 is 5.30. The maximum atomic E-state index is 10.8. The third-order valence-corrected chi connectivity index (χ3v) is 2.67. The van der Waals surface area contributed by atoms with Crippen molar-refractivity contribution in [3.05, 3.63) is 32.8 Å². The van der Waals surface area contributed by atoms with Crippen LogP contribution in [-0.4, -0.2) is 11.5 Å². The van der Waals surface area contributed by atoms with E-state index in [2.05, 4.69) is 0 Å². The maximum absolute atomic E-state index is 10.8. The molecule has 0 spiro atoms. The lowest BCUT2D eigenvalue weighted by atomic mass is 9.99. The number of hydrogen-bond donors (Lipinski definition) is 1. The average molecular weight is 265 g/mol. The molecular weight excluding hydrogens is 255 g/mol. The van der Waals surface area contributed by atoms with Crippen molar-refractivity contribution >= 4 is 29.7 Å². The number of nitrogens with two attached hydrogens (primary N) is 1. The number of nitro benzene ring substituents is 1. The van der Waals surface area contributed by atoms with E-state index in [0.717, 1.165) is 0 Å². The first-order chi connectivity index (χ1) is 7.11. The van der Waals surface area contributed by atoms with Gasteiger partial charge in [0.1, 0.15) is 5.75 Å². The topological polar surface area (TPSA) is 78.4 Å². The molecule has 0 amide bonds. The minimum absolute atomic E-state index is 0. The standard InChI is InChI=1S/C9H9ClN2O3.ClH/c10-5-1-2-7(12(13)14)8-6(11)3-4-15-9(5)8;/h1-2,6H,3-4,11H2;1H/t6-;/m0./s1. The van der Waals surface area contributed by atoms with Crippen molar-refractivity contribution in [2.75, 3.05) is 6.61 Å². The number of ether oxygens (including phenoxy) is 1. The van der Waals surface area contributed by atoms with E-state index in [1.807, 2.05) is 0 Å². The van der Waals surface area contributed by atoms with E-state index in [9.17, 15) is 10.1 Å². The van der Waals surface area contributed by atoms with Crippen LogP contribution in [0.1, 0.15) is 18.0 Å². The molecule has 16 heavy (non-hydrogen) atoms. The zero-order valence-electron chi connectivity index (χ0n) is 8.18. The molecule has 5 nitrogen and oxygen atoms in total. The van der Waals surface area contributed by atoms with Gasteiger partial charge in [0, 0.05) is 18.5 Å². The molecular formula is C9H10Cl2N2O3. The predicted octanol–water partition coefficient (Wildman–Crippen LogP) is 2.45. The molecule has 0 aromatic heterocycles. The number of benzene rings is 1. The Morgan fingerprint density at radius 3 is 2.88 bits per heavy atom. The first-order valence-corrected chi connectivity index (χ1v) is 4.84. The van der Waals surface area contributed by atoms with Crippen molar-refractivity contribution in [3.8, 4) is 5.75 Å². The highest BCUT2D eigenvalue weighted by atomic mass is 35.5. The molecule has 0 aliphatic carbocycles. The van der Waals surface area contributed by atoms with Gasteiger partial charge in [-0.1, -0.05) is 11.6 Å². The Morgan fingerprint density at radius 1 is 1.56 bits per heavy atom. The van der Waals surface area contributed by atoms with Crippen LogP contribution in [0.3, 0.4) is 0 Å². The van der Waals surface area contributed by atoms with Crippen LogP contribution in [0.15, 0.2) is 12.1 Å². The minimum Gasteiger partial charge on any atom is -0.491 e. The molecule has 0 bridgehead atoms. The summed E-state index contributed by atoms with van der Waals surface area (Å²) in [6.45, 7) is 0.440. The Labute approximate surface area is 103 Å². The zero-order chi connectivity index (χ0) is 11.0. The van der Waals surface area contributed by atoms with E-state index in [1.165, 1.54) is 12.1 Å². The molecule has 0 radical (unpaired) electrons. The normalized spacial score (nSPS) is 18.0. The van der Waals surface area contributed by atoms with Crippen LogP contribution >= 0.6 is 24.0 Å². The second kappa shape index (κ2) is 4.86. The van der Waals surface area contributed by atoms with Crippen LogP contribution in [0.5, 0.6) is 5.75 Å². The van der Waals surface area contributed by atoms with E-state index in [-0.39, 0.29) is 24.1 Å². The summed E-state index contributed by atoms with van der Waals surface area (Å²) in [5.41, 5.74) is 6.19. The fraction of sp³-hybridized carbons (Fsp3) is 0.333. The van der Waals surface area contributed by atoms with Crippen LogP contribution in [0.2, 0.25) is 5.02 Å². The minimum atomic E-state index is -0.469. The Balaban J connectivity index is 0.00000128. The Bertz CT molecular complexity index is 425. The molecule has 1 aliphatic heterocycles. The molecule has 0 unspecified atom stereocenters. The highest BCUT2D eigenvalue weighted by molar-refractivity contribution is 6.32. The summed E-state index contributed by atoms with van der Waals surface area (Å²) in [6.07, 6.45) is 0.564. The predicted molar refractivity (Wildman–Crippen MR) is 62.4 cm³/mol. The van der Waals surface area contributed by atoms with Crippen LogP contribution in [0, 0.1) is 10.1 Å². The number of fused-ring (bicyclic) bond motifs is 1. The van der Waals surface area contributed by atoms with Gasteiger partial charge < -0.3 is 10.5 Å². The largest absolute Gasteiger partial charge is 0.491 e. The van der Waals surface area contributed by atoms with Crippen molar-refractivity contribution in [1.82, 2.24) is 0 Å². The van der Waals surface area contributed by atoms with Crippen molar-refractivity contribution < 1.29 is 9.66 Å². The second-order valence-electron chi connectivity index (χ2n) is 3.31. The third kappa shape index (κ3) is 2.07. The van der Waals surface area contributed by atoms with Gasteiger partial charge in [-0.15, -0.1) is 12.4 Å². The highest BCUT2D eigenvalue weighted by Gasteiger charge is 2.29. The average Bonchev–Trinajstić information content (AvgIpc) is 2.19. The van der Waals surface area contributed by atoms with Gasteiger partial charge in [0.25, 0.3) is 5.69 Å². The molecule has 1 aromatic carbocycles. The van der Waals surface area contributed by atoms with Gasteiger partial charge in [-0.2, -0.15) is 0 Å². The molecule has 1 heterocycles. The van der Waals surface area contributed by atoms with Gasteiger partial charge in [0.2, 0.25) is 0 Å². The molecule has 0 fully saturated rings. The van der Waals surface area contributed by atoms with Crippen molar-refractivity contribution in [2.24, 2.45) is 5.73 Å². The lowest BCUT2D eigenvalue weighted by Crippen LogP contribution is -2.22. The van der Waals surface area contributed by atoms with Gasteiger partial charge in [-0.05, 0) is 6.07 Å². The molecule has 2 rings (SSSR count). The van der Waals surface area contributed by atoms with E-state index in [1.54, 1.807) is 0 Å². The molecule has 0 saturated heterocycles. The zero-order valence-corrected chi connectivity index (χ0v) is 9.75. The highest BCUT2D eigenvalue weighted by Crippen LogP contribution is 2.42. The molecule has 2 N–H and O–H groups in total. The number of nitrogens with zero attached hydrogens (tertiary/aromatic N) is 1. The fourth-order valence-electron chi connectivity index (χ4n) is 1.66. The fourth-order valence-corrected chi connectivity index (χ4v) is 1.88. The smallest absolute Gasteiger partial charge is 0.278 e.